The molecule has 128 valence electrons. The van der Waals surface area contributed by atoms with E-state index in [2.05, 4.69) is 43.8 Å². The van der Waals surface area contributed by atoms with E-state index >= 15 is 0 Å². The molecule has 1 N–H and O–H groups in total. The van der Waals surface area contributed by atoms with Gasteiger partial charge in [-0.25, -0.2) is 4.98 Å². The molecule has 0 spiro atoms. The Morgan fingerprint density at radius 3 is 2.61 bits per heavy atom. The van der Waals surface area contributed by atoms with Gasteiger partial charge < -0.3 is 14.6 Å². The predicted molar refractivity (Wildman–Crippen MR) is 103 cm³/mol. The van der Waals surface area contributed by atoms with Crippen molar-refractivity contribution in [1.29, 1.82) is 0 Å². The summed E-state index contributed by atoms with van der Waals surface area (Å²) >= 11 is 12.6. The molecule has 0 atom stereocenters. The minimum atomic E-state index is -1.09. The molecule has 0 bridgehead atoms. The number of ether oxygens (including phenoxy) is 1. The van der Waals surface area contributed by atoms with E-state index in [0.717, 1.165) is 29.4 Å². The Labute approximate surface area is 149 Å². The molecule has 0 saturated heterocycles. The fourth-order valence-electron chi connectivity index (χ4n) is 2.27. The van der Waals surface area contributed by atoms with Crippen LogP contribution in [0, 0.1) is 0 Å². The van der Waals surface area contributed by atoms with Crippen LogP contribution in [0.4, 0.5) is 5.69 Å². The highest BCUT2D eigenvalue weighted by molar-refractivity contribution is 6.76. The van der Waals surface area contributed by atoms with Crippen LogP contribution in [0.1, 0.15) is 13.8 Å². The molecule has 4 nitrogen and oxygen atoms in total. The molecule has 2 aromatic rings. The number of hydrogen-bond donors (Lipinski definition) is 1. The molecule has 23 heavy (non-hydrogen) atoms. The van der Waals surface area contributed by atoms with E-state index in [1.807, 2.05) is 16.8 Å². The van der Waals surface area contributed by atoms with Crippen LogP contribution in [0.25, 0.3) is 11.0 Å². The summed E-state index contributed by atoms with van der Waals surface area (Å²) in [6.45, 7) is 12.3. The minimum Gasteiger partial charge on any atom is -0.382 e. The van der Waals surface area contributed by atoms with Crippen LogP contribution in [-0.4, -0.2) is 30.3 Å². The van der Waals surface area contributed by atoms with Gasteiger partial charge in [0, 0.05) is 32.6 Å². The fourth-order valence-corrected chi connectivity index (χ4v) is 3.52. The zero-order valence-corrected chi connectivity index (χ0v) is 16.9. The maximum absolute atomic E-state index is 6.41. The first-order valence-electron chi connectivity index (χ1n) is 7.86. The Bertz CT molecular complexity index is 680. The molecule has 0 amide bonds. The fraction of sp³-hybridized carbons (Fsp3) is 0.562. The van der Waals surface area contributed by atoms with Crippen molar-refractivity contribution in [3.63, 3.8) is 0 Å². The highest BCUT2D eigenvalue weighted by Crippen LogP contribution is 2.33. The van der Waals surface area contributed by atoms with Gasteiger partial charge in [-0.1, -0.05) is 42.8 Å². The van der Waals surface area contributed by atoms with Gasteiger partial charge in [-0.15, -0.1) is 0 Å². The van der Waals surface area contributed by atoms with E-state index < -0.39 is 8.07 Å². The Morgan fingerprint density at radius 2 is 2.00 bits per heavy atom. The number of rotatable bonds is 7. The lowest BCUT2D eigenvalue weighted by atomic mass is 10.2. The van der Waals surface area contributed by atoms with Gasteiger partial charge in [0.2, 0.25) is 0 Å². The third-order valence-corrected chi connectivity index (χ3v) is 5.60. The van der Waals surface area contributed by atoms with Crippen LogP contribution >= 0.6 is 23.2 Å². The quantitative estimate of drug-likeness (QED) is 0.396. The van der Waals surface area contributed by atoms with Crippen molar-refractivity contribution in [3.8, 4) is 0 Å². The summed E-state index contributed by atoms with van der Waals surface area (Å²) < 4.78 is 7.73. The standard InChI is InChI=1S/C16H25Cl2N3OSi/c1-11(2)19-13-8-14(18)20-16-15(13)12(17)9-21(16)10-22-6-7-23(3,4)5/h8-9,11H,6-7,10H2,1-5H3,(H,19,20). The van der Waals surface area contributed by atoms with Gasteiger partial charge in [0.15, 0.2) is 0 Å². The highest BCUT2D eigenvalue weighted by atomic mass is 35.5. The number of nitrogens with one attached hydrogen (secondary N) is 1. The topological polar surface area (TPSA) is 39.1 Å². The molecule has 7 heteroatoms. The lowest BCUT2D eigenvalue weighted by Gasteiger charge is -2.16. The summed E-state index contributed by atoms with van der Waals surface area (Å²) in [6.07, 6.45) is 1.86. The van der Waals surface area contributed by atoms with E-state index in [1.165, 1.54) is 0 Å². The Morgan fingerprint density at radius 1 is 1.30 bits per heavy atom. The van der Waals surface area contributed by atoms with E-state index in [9.17, 15) is 0 Å². The van der Waals surface area contributed by atoms with Crippen LogP contribution in [0.15, 0.2) is 12.3 Å². The number of hydrogen-bond acceptors (Lipinski definition) is 3. The molecule has 0 radical (unpaired) electrons. The van der Waals surface area contributed by atoms with Crippen LogP contribution < -0.4 is 5.32 Å². The molecular formula is C16H25Cl2N3OSi. The zero-order valence-electron chi connectivity index (χ0n) is 14.4. The monoisotopic (exact) mass is 373 g/mol. The SMILES string of the molecule is CC(C)Nc1cc(Cl)nc2c1c(Cl)cn2COCC[Si](C)(C)C. The normalized spacial score (nSPS) is 12.3. The Balaban J connectivity index is 2.23. The number of anilines is 1. The highest BCUT2D eigenvalue weighted by Gasteiger charge is 2.16. The van der Waals surface area contributed by atoms with Gasteiger partial charge in [-0.3, -0.25) is 0 Å². The molecule has 0 fully saturated rings. The number of fused-ring (bicyclic) bond motifs is 1. The molecule has 0 aliphatic carbocycles. The van der Waals surface area contributed by atoms with Gasteiger partial charge in [-0.2, -0.15) is 0 Å². The summed E-state index contributed by atoms with van der Waals surface area (Å²) in [4.78, 5) is 4.42. The summed E-state index contributed by atoms with van der Waals surface area (Å²) in [5, 5.41) is 5.36. The average molecular weight is 374 g/mol. The Kier molecular flexibility index (Phi) is 6.00. The molecule has 0 unspecified atom stereocenters. The van der Waals surface area contributed by atoms with Crippen molar-refractivity contribution in [3.05, 3.63) is 22.4 Å². The third kappa shape index (κ3) is 5.11. The first-order chi connectivity index (χ1) is 10.7. The van der Waals surface area contributed by atoms with Crippen LogP contribution in [0.5, 0.6) is 0 Å². The number of nitrogens with zero attached hydrogens (tertiary/aromatic N) is 2. The lowest BCUT2D eigenvalue weighted by Crippen LogP contribution is -2.22. The van der Waals surface area contributed by atoms with Crippen LogP contribution in [0.2, 0.25) is 35.9 Å². The summed E-state index contributed by atoms with van der Waals surface area (Å²) in [7, 11) is -1.09. The van der Waals surface area contributed by atoms with E-state index in [0.29, 0.717) is 16.9 Å². The average Bonchev–Trinajstić information content (AvgIpc) is 2.69. The lowest BCUT2D eigenvalue weighted by molar-refractivity contribution is 0.0899. The molecule has 0 saturated carbocycles. The largest absolute Gasteiger partial charge is 0.382 e. The second kappa shape index (κ2) is 7.43. The summed E-state index contributed by atoms with van der Waals surface area (Å²) in [5.41, 5.74) is 1.65. The second-order valence-electron chi connectivity index (χ2n) is 7.29. The number of halogens is 2. The molecule has 2 heterocycles. The van der Waals surface area contributed by atoms with Crippen molar-refractivity contribution in [2.24, 2.45) is 0 Å². The minimum absolute atomic E-state index is 0.282. The van der Waals surface area contributed by atoms with Gasteiger partial charge in [0.05, 0.1) is 10.4 Å². The molecule has 2 aromatic heterocycles. The maximum atomic E-state index is 6.41. The first kappa shape index (κ1) is 18.6. The molecule has 0 aliphatic rings. The molecule has 0 aliphatic heterocycles. The predicted octanol–water partition coefficient (Wildman–Crippen LogP) is 5.48. The van der Waals surface area contributed by atoms with E-state index in [4.69, 9.17) is 27.9 Å². The van der Waals surface area contributed by atoms with Crippen LogP contribution in [0.3, 0.4) is 0 Å². The van der Waals surface area contributed by atoms with Gasteiger partial charge in [0.1, 0.15) is 17.5 Å². The number of aromatic nitrogens is 2. The Hall–Kier alpha value is -0.753. The van der Waals surface area contributed by atoms with Crippen molar-refractivity contribution >= 4 is 48.0 Å². The van der Waals surface area contributed by atoms with Gasteiger partial charge >= 0.3 is 0 Å². The van der Waals surface area contributed by atoms with Crippen molar-refractivity contribution in [1.82, 2.24) is 9.55 Å². The second-order valence-corrected chi connectivity index (χ2v) is 13.7. The van der Waals surface area contributed by atoms with Crippen molar-refractivity contribution in [2.45, 2.75) is 52.3 Å². The maximum Gasteiger partial charge on any atom is 0.147 e. The van der Waals surface area contributed by atoms with E-state index in [1.54, 1.807) is 0 Å². The third-order valence-electron chi connectivity index (χ3n) is 3.42. The van der Waals surface area contributed by atoms with Gasteiger partial charge in [-0.05, 0) is 26.0 Å². The number of pyridine rings is 1. The zero-order chi connectivity index (χ0) is 17.2. The molecule has 0 aromatic carbocycles. The molecule has 2 rings (SSSR count). The van der Waals surface area contributed by atoms with Crippen LogP contribution in [-0.2, 0) is 11.5 Å². The van der Waals surface area contributed by atoms with Crippen molar-refractivity contribution in [2.75, 3.05) is 11.9 Å². The van der Waals surface area contributed by atoms with E-state index in [-0.39, 0.29) is 6.04 Å². The molecular weight excluding hydrogens is 349 g/mol. The van der Waals surface area contributed by atoms with Gasteiger partial charge in [0.25, 0.3) is 0 Å². The van der Waals surface area contributed by atoms with Crippen molar-refractivity contribution < 1.29 is 4.74 Å². The summed E-state index contributed by atoms with van der Waals surface area (Å²) in [6, 6.07) is 3.23. The first-order valence-corrected chi connectivity index (χ1v) is 12.3. The smallest absolute Gasteiger partial charge is 0.147 e. The summed E-state index contributed by atoms with van der Waals surface area (Å²) in [5.74, 6) is 0.